The van der Waals surface area contributed by atoms with Gasteiger partial charge in [-0.25, -0.2) is 0 Å². The minimum Gasteiger partial charge on any atom is -0.492 e. The highest BCUT2D eigenvalue weighted by Crippen LogP contribution is 2.40. The second-order valence-electron chi connectivity index (χ2n) is 4.09. The summed E-state index contributed by atoms with van der Waals surface area (Å²) in [7, 11) is 0. The molecule has 0 aliphatic rings. The smallest absolute Gasteiger partial charge is 0.139 e. The molecule has 0 spiro atoms. The zero-order valence-corrected chi connectivity index (χ0v) is 13.6. The van der Waals surface area contributed by atoms with Crippen LogP contribution in [-0.4, -0.2) is 6.61 Å². The van der Waals surface area contributed by atoms with E-state index in [2.05, 4.69) is 15.9 Å². The van der Waals surface area contributed by atoms with Crippen LogP contribution in [0.25, 0.3) is 0 Å². The van der Waals surface area contributed by atoms with Crippen molar-refractivity contribution in [3.05, 3.63) is 51.4 Å². The Kier molecular flexibility index (Phi) is 4.82. The van der Waals surface area contributed by atoms with E-state index >= 15 is 0 Å². The molecule has 0 fully saturated rings. The molecule has 0 aliphatic heterocycles. The predicted molar refractivity (Wildman–Crippen MR) is 81.8 cm³/mol. The molecule has 0 saturated heterocycles. The Labute approximate surface area is 130 Å². The number of hydrogen-bond donors (Lipinski definition) is 0. The summed E-state index contributed by atoms with van der Waals surface area (Å²) in [6, 6.07) is 5.51. The quantitative estimate of drug-likeness (QED) is 0.642. The van der Waals surface area contributed by atoms with Crippen molar-refractivity contribution in [2.75, 3.05) is 6.61 Å². The lowest BCUT2D eigenvalue weighted by Gasteiger charge is -2.13. The van der Waals surface area contributed by atoms with Crippen molar-refractivity contribution in [2.24, 2.45) is 0 Å². The molecule has 2 rings (SSSR count). The van der Waals surface area contributed by atoms with Gasteiger partial charge >= 0.3 is 0 Å². The van der Waals surface area contributed by atoms with Crippen LogP contribution in [0.2, 0.25) is 10.0 Å². The highest BCUT2D eigenvalue weighted by molar-refractivity contribution is 9.09. The minimum atomic E-state index is -0.0642. The van der Waals surface area contributed by atoms with Crippen molar-refractivity contribution in [3.8, 4) is 5.75 Å². The molecule has 5 heteroatoms. The molecule has 1 heterocycles. The van der Waals surface area contributed by atoms with Gasteiger partial charge in [0, 0.05) is 16.7 Å². The maximum Gasteiger partial charge on any atom is 0.139 e. The summed E-state index contributed by atoms with van der Waals surface area (Å²) >= 11 is 16.1. The van der Waals surface area contributed by atoms with Crippen LogP contribution in [0.3, 0.4) is 0 Å². The number of hydrogen-bond acceptors (Lipinski definition) is 2. The van der Waals surface area contributed by atoms with Crippen LogP contribution in [0.5, 0.6) is 5.75 Å². The Hall–Kier alpha value is -0.640. The van der Waals surface area contributed by atoms with Gasteiger partial charge in [0.05, 0.1) is 22.7 Å². The Morgan fingerprint density at radius 1 is 1.26 bits per heavy atom. The fourth-order valence-electron chi connectivity index (χ4n) is 1.78. The van der Waals surface area contributed by atoms with Gasteiger partial charge in [-0.1, -0.05) is 39.1 Å². The van der Waals surface area contributed by atoms with E-state index in [4.69, 9.17) is 32.4 Å². The number of furan rings is 1. The van der Waals surface area contributed by atoms with Gasteiger partial charge in [-0.3, -0.25) is 0 Å². The second kappa shape index (κ2) is 6.21. The number of ether oxygens (including phenoxy) is 1. The number of halogens is 3. The van der Waals surface area contributed by atoms with Crippen molar-refractivity contribution in [3.63, 3.8) is 0 Å². The normalized spacial score (nSPS) is 12.5. The molecule has 0 amide bonds. The van der Waals surface area contributed by atoms with Gasteiger partial charge in [0.15, 0.2) is 0 Å². The van der Waals surface area contributed by atoms with Gasteiger partial charge in [0.25, 0.3) is 0 Å². The lowest BCUT2D eigenvalue weighted by Crippen LogP contribution is -1.96. The van der Waals surface area contributed by atoms with Crippen LogP contribution in [0.1, 0.15) is 28.6 Å². The van der Waals surface area contributed by atoms with Gasteiger partial charge in [-0.05, 0) is 31.5 Å². The van der Waals surface area contributed by atoms with Gasteiger partial charge in [-0.2, -0.15) is 0 Å². The first-order chi connectivity index (χ1) is 9.02. The van der Waals surface area contributed by atoms with Crippen molar-refractivity contribution >= 4 is 39.1 Å². The zero-order chi connectivity index (χ0) is 14.0. The molecular weight excluding hydrogens is 351 g/mol. The molecule has 19 heavy (non-hydrogen) atoms. The molecule has 1 atom stereocenters. The number of aryl methyl sites for hydroxylation is 1. The van der Waals surface area contributed by atoms with Gasteiger partial charge < -0.3 is 9.15 Å². The Bertz CT molecular complexity index is 581. The molecule has 2 aromatic rings. The third kappa shape index (κ3) is 3.28. The van der Waals surface area contributed by atoms with Crippen molar-refractivity contribution < 1.29 is 9.15 Å². The SMILES string of the molecule is CCOc1cc(Cl)c(C(Br)c2coc(C)c2)cc1Cl. The molecule has 102 valence electrons. The standard InChI is InChI=1S/C14H13BrCl2O2/c1-3-18-13-6-11(16)10(5-12(13)17)14(15)9-4-8(2)19-7-9/h4-7,14H,3H2,1-2H3. The van der Waals surface area contributed by atoms with E-state index in [0.29, 0.717) is 22.4 Å². The minimum absolute atomic E-state index is 0.0642. The molecule has 1 aromatic carbocycles. The summed E-state index contributed by atoms with van der Waals surface area (Å²) in [6.07, 6.45) is 1.70. The molecule has 0 aliphatic carbocycles. The van der Waals surface area contributed by atoms with Crippen molar-refractivity contribution in [1.82, 2.24) is 0 Å². The van der Waals surface area contributed by atoms with E-state index in [1.807, 2.05) is 26.0 Å². The largest absolute Gasteiger partial charge is 0.492 e. The fourth-order valence-corrected chi connectivity index (χ4v) is 3.02. The van der Waals surface area contributed by atoms with E-state index in [1.54, 1.807) is 12.3 Å². The molecule has 0 N–H and O–H groups in total. The molecule has 1 unspecified atom stereocenters. The molecule has 0 saturated carbocycles. The van der Waals surface area contributed by atoms with Gasteiger partial charge in [0.2, 0.25) is 0 Å². The van der Waals surface area contributed by atoms with Crippen LogP contribution in [0, 0.1) is 6.92 Å². The predicted octanol–water partition coefficient (Wildman–Crippen LogP) is 5.78. The van der Waals surface area contributed by atoms with Crippen molar-refractivity contribution in [2.45, 2.75) is 18.7 Å². The Balaban J connectivity index is 2.37. The third-order valence-corrected chi connectivity index (χ3v) is 4.31. The first-order valence-electron chi connectivity index (χ1n) is 5.83. The van der Waals surface area contributed by atoms with Crippen LogP contribution in [-0.2, 0) is 0 Å². The van der Waals surface area contributed by atoms with E-state index in [1.165, 1.54) is 0 Å². The number of alkyl halides is 1. The monoisotopic (exact) mass is 362 g/mol. The Morgan fingerprint density at radius 2 is 2.00 bits per heavy atom. The Morgan fingerprint density at radius 3 is 2.58 bits per heavy atom. The molecule has 0 bridgehead atoms. The van der Waals surface area contributed by atoms with E-state index < -0.39 is 0 Å². The second-order valence-corrected chi connectivity index (χ2v) is 5.82. The summed E-state index contributed by atoms with van der Waals surface area (Å²) in [5.41, 5.74) is 1.88. The van der Waals surface area contributed by atoms with E-state index in [-0.39, 0.29) is 4.83 Å². The van der Waals surface area contributed by atoms with Gasteiger partial charge in [0.1, 0.15) is 11.5 Å². The highest BCUT2D eigenvalue weighted by atomic mass is 79.9. The first kappa shape index (κ1) is 14.8. The van der Waals surface area contributed by atoms with Crippen LogP contribution in [0.15, 0.2) is 28.9 Å². The first-order valence-corrected chi connectivity index (χ1v) is 7.51. The third-order valence-electron chi connectivity index (χ3n) is 2.67. The average molecular weight is 364 g/mol. The van der Waals surface area contributed by atoms with Crippen LogP contribution >= 0.6 is 39.1 Å². The molecule has 0 radical (unpaired) electrons. The lowest BCUT2D eigenvalue weighted by atomic mass is 10.1. The molecule has 1 aromatic heterocycles. The number of rotatable bonds is 4. The topological polar surface area (TPSA) is 22.4 Å². The maximum absolute atomic E-state index is 6.29. The summed E-state index contributed by atoms with van der Waals surface area (Å²) in [5, 5.41) is 1.15. The van der Waals surface area contributed by atoms with Crippen molar-refractivity contribution in [1.29, 1.82) is 0 Å². The fraction of sp³-hybridized carbons (Fsp3) is 0.286. The summed E-state index contributed by atoms with van der Waals surface area (Å²) < 4.78 is 10.7. The summed E-state index contributed by atoms with van der Waals surface area (Å²) in [5.74, 6) is 1.45. The molecular formula is C14H13BrCl2O2. The van der Waals surface area contributed by atoms with E-state index in [9.17, 15) is 0 Å². The summed E-state index contributed by atoms with van der Waals surface area (Å²) in [4.78, 5) is -0.0642. The van der Waals surface area contributed by atoms with Gasteiger partial charge in [-0.15, -0.1) is 0 Å². The number of benzene rings is 1. The van der Waals surface area contributed by atoms with Crippen LogP contribution < -0.4 is 4.74 Å². The highest BCUT2D eigenvalue weighted by Gasteiger charge is 2.18. The summed E-state index contributed by atoms with van der Waals surface area (Å²) in [6.45, 7) is 4.35. The lowest BCUT2D eigenvalue weighted by molar-refractivity contribution is 0.340. The molecule has 2 nitrogen and oxygen atoms in total. The maximum atomic E-state index is 6.29. The van der Waals surface area contributed by atoms with Crippen LogP contribution in [0.4, 0.5) is 0 Å². The van der Waals surface area contributed by atoms with E-state index in [0.717, 1.165) is 16.9 Å². The zero-order valence-electron chi connectivity index (χ0n) is 10.5. The average Bonchev–Trinajstić information content (AvgIpc) is 2.79.